The molecule has 2 N–H and O–H groups in total. The molecule has 0 aliphatic rings. The minimum absolute atomic E-state index is 0.0934. The zero-order valence-corrected chi connectivity index (χ0v) is 13.3. The van der Waals surface area contributed by atoms with Gasteiger partial charge < -0.3 is 14.9 Å². The van der Waals surface area contributed by atoms with Gasteiger partial charge in [0.25, 0.3) is 5.91 Å². The van der Waals surface area contributed by atoms with E-state index in [4.69, 9.17) is 4.52 Å². The van der Waals surface area contributed by atoms with E-state index in [9.17, 15) is 9.90 Å². The first-order valence-corrected chi connectivity index (χ1v) is 8.06. The Bertz CT molecular complexity index is 779. The van der Waals surface area contributed by atoms with E-state index in [2.05, 4.69) is 10.5 Å². The molecule has 23 heavy (non-hydrogen) atoms. The van der Waals surface area contributed by atoms with Gasteiger partial charge >= 0.3 is 0 Å². The van der Waals surface area contributed by atoms with E-state index in [1.165, 1.54) is 11.3 Å². The molecule has 0 spiro atoms. The van der Waals surface area contributed by atoms with Crippen LogP contribution in [-0.4, -0.2) is 22.7 Å². The summed E-state index contributed by atoms with van der Waals surface area (Å²) in [6.07, 6.45) is 0. The SMILES string of the molecule is C[C@@](O)(CNC(=O)c1cc(-c2ccccc2)on1)c1ccsc1. The third kappa shape index (κ3) is 3.49. The number of carbonyl (C=O) groups is 1. The highest BCUT2D eigenvalue weighted by atomic mass is 32.1. The second-order valence-electron chi connectivity index (χ2n) is 5.41. The summed E-state index contributed by atoms with van der Waals surface area (Å²) in [5.41, 5.74) is 0.684. The zero-order valence-electron chi connectivity index (χ0n) is 12.5. The van der Waals surface area contributed by atoms with E-state index in [0.717, 1.165) is 11.1 Å². The Labute approximate surface area is 137 Å². The van der Waals surface area contributed by atoms with Gasteiger partial charge in [-0.25, -0.2) is 0 Å². The molecule has 5 nitrogen and oxygen atoms in total. The average molecular weight is 328 g/mol. The lowest BCUT2D eigenvalue weighted by molar-refractivity contribution is 0.0527. The van der Waals surface area contributed by atoms with Crippen molar-refractivity contribution in [3.63, 3.8) is 0 Å². The summed E-state index contributed by atoms with van der Waals surface area (Å²) in [4.78, 5) is 12.2. The molecule has 2 heterocycles. The third-order valence-corrected chi connectivity index (χ3v) is 4.22. The molecule has 0 aliphatic heterocycles. The van der Waals surface area contributed by atoms with Crippen LogP contribution < -0.4 is 5.32 Å². The molecule has 0 aliphatic carbocycles. The number of rotatable bonds is 5. The maximum absolute atomic E-state index is 12.2. The Morgan fingerprint density at radius 3 is 2.83 bits per heavy atom. The number of nitrogens with one attached hydrogen (secondary N) is 1. The van der Waals surface area contributed by atoms with E-state index >= 15 is 0 Å². The van der Waals surface area contributed by atoms with E-state index < -0.39 is 5.60 Å². The number of nitrogens with zero attached hydrogens (tertiary/aromatic N) is 1. The maximum atomic E-state index is 12.2. The Morgan fingerprint density at radius 2 is 2.13 bits per heavy atom. The van der Waals surface area contributed by atoms with Crippen LogP contribution in [0.1, 0.15) is 23.0 Å². The molecule has 2 aromatic heterocycles. The molecule has 3 rings (SSSR count). The Hall–Kier alpha value is -2.44. The summed E-state index contributed by atoms with van der Waals surface area (Å²) in [5.74, 6) is 0.145. The van der Waals surface area contributed by atoms with Gasteiger partial charge in [0, 0.05) is 11.6 Å². The van der Waals surface area contributed by atoms with E-state index in [0.29, 0.717) is 5.76 Å². The van der Waals surface area contributed by atoms with Crippen molar-refractivity contribution in [1.29, 1.82) is 0 Å². The first-order chi connectivity index (χ1) is 11.1. The summed E-state index contributed by atoms with van der Waals surface area (Å²) in [7, 11) is 0. The smallest absolute Gasteiger partial charge is 0.273 e. The lowest BCUT2D eigenvalue weighted by Crippen LogP contribution is -2.38. The molecular weight excluding hydrogens is 312 g/mol. The molecule has 0 radical (unpaired) electrons. The lowest BCUT2D eigenvalue weighted by atomic mass is 9.99. The van der Waals surface area contributed by atoms with Crippen molar-refractivity contribution in [3.05, 3.63) is 64.5 Å². The molecule has 0 unspecified atom stereocenters. The second-order valence-corrected chi connectivity index (χ2v) is 6.19. The largest absolute Gasteiger partial charge is 0.384 e. The standard InChI is InChI=1S/C17H16N2O3S/c1-17(21,13-7-8-23-10-13)11-18-16(20)14-9-15(22-19-14)12-5-3-2-4-6-12/h2-10,21H,11H2,1H3,(H,18,20)/t17-/m1/s1. The van der Waals surface area contributed by atoms with Crippen LogP contribution in [0.3, 0.4) is 0 Å². The Morgan fingerprint density at radius 1 is 1.35 bits per heavy atom. The molecule has 1 amide bonds. The molecule has 0 saturated carbocycles. The minimum Gasteiger partial charge on any atom is -0.384 e. The van der Waals surface area contributed by atoms with Crippen LogP contribution in [0.25, 0.3) is 11.3 Å². The van der Waals surface area contributed by atoms with Gasteiger partial charge in [-0.3, -0.25) is 4.79 Å². The monoisotopic (exact) mass is 328 g/mol. The molecule has 118 valence electrons. The summed E-state index contributed by atoms with van der Waals surface area (Å²) >= 11 is 1.50. The van der Waals surface area contributed by atoms with Crippen molar-refractivity contribution in [2.45, 2.75) is 12.5 Å². The highest BCUT2D eigenvalue weighted by molar-refractivity contribution is 7.08. The normalized spacial score (nSPS) is 13.5. The molecule has 3 aromatic rings. The van der Waals surface area contributed by atoms with Gasteiger partial charge in [-0.15, -0.1) is 0 Å². The van der Waals surface area contributed by atoms with Gasteiger partial charge in [-0.2, -0.15) is 11.3 Å². The number of thiophene rings is 1. The summed E-state index contributed by atoms with van der Waals surface area (Å²) in [5, 5.41) is 20.6. The van der Waals surface area contributed by atoms with Gasteiger partial charge in [0.15, 0.2) is 11.5 Å². The van der Waals surface area contributed by atoms with Crippen molar-refractivity contribution in [2.75, 3.05) is 6.54 Å². The minimum atomic E-state index is -1.12. The summed E-state index contributed by atoms with van der Waals surface area (Å²) in [6.45, 7) is 1.75. The van der Waals surface area contributed by atoms with E-state index in [-0.39, 0.29) is 18.1 Å². The van der Waals surface area contributed by atoms with Crippen LogP contribution in [0, 0.1) is 0 Å². The van der Waals surface area contributed by atoms with Crippen molar-refractivity contribution in [1.82, 2.24) is 10.5 Å². The van der Waals surface area contributed by atoms with Crippen molar-refractivity contribution in [3.8, 4) is 11.3 Å². The van der Waals surface area contributed by atoms with Gasteiger partial charge in [-0.1, -0.05) is 35.5 Å². The van der Waals surface area contributed by atoms with Gasteiger partial charge in [0.1, 0.15) is 5.60 Å². The van der Waals surface area contributed by atoms with Crippen LogP contribution in [0.2, 0.25) is 0 Å². The lowest BCUT2D eigenvalue weighted by Gasteiger charge is -2.22. The Balaban J connectivity index is 1.66. The summed E-state index contributed by atoms with van der Waals surface area (Å²) < 4.78 is 5.20. The quantitative estimate of drug-likeness (QED) is 0.755. The molecular formula is C17H16N2O3S. The Kier molecular flexibility index (Phi) is 4.27. The predicted molar refractivity (Wildman–Crippen MR) is 88.2 cm³/mol. The first-order valence-electron chi connectivity index (χ1n) is 7.12. The van der Waals surface area contributed by atoms with Crippen LogP contribution >= 0.6 is 11.3 Å². The van der Waals surface area contributed by atoms with E-state index in [1.807, 2.05) is 47.2 Å². The van der Waals surface area contributed by atoms with Crippen molar-refractivity contribution in [2.24, 2.45) is 0 Å². The highest BCUT2D eigenvalue weighted by Gasteiger charge is 2.25. The van der Waals surface area contributed by atoms with Crippen molar-refractivity contribution >= 4 is 17.2 Å². The molecule has 1 aromatic carbocycles. The van der Waals surface area contributed by atoms with Gasteiger partial charge in [-0.05, 0) is 29.3 Å². The number of hydrogen-bond donors (Lipinski definition) is 2. The fraction of sp³-hybridized carbons (Fsp3) is 0.176. The number of aliphatic hydroxyl groups is 1. The molecule has 0 bridgehead atoms. The van der Waals surface area contributed by atoms with Crippen molar-refractivity contribution < 1.29 is 14.4 Å². The van der Waals surface area contributed by atoms with Gasteiger partial charge in [0.05, 0.1) is 6.54 Å². The van der Waals surface area contributed by atoms with Crippen LogP contribution in [0.15, 0.2) is 57.7 Å². The van der Waals surface area contributed by atoms with Crippen LogP contribution in [0.4, 0.5) is 0 Å². The number of benzene rings is 1. The molecule has 0 saturated heterocycles. The second kappa shape index (κ2) is 6.36. The van der Waals surface area contributed by atoms with Crippen LogP contribution in [0.5, 0.6) is 0 Å². The average Bonchev–Trinajstić information content (AvgIpc) is 3.25. The summed E-state index contributed by atoms with van der Waals surface area (Å²) in [6, 6.07) is 12.9. The number of hydrogen-bond acceptors (Lipinski definition) is 5. The fourth-order valence-electron chi connectivity index (χ4n) is 2.14. The number of aromatic nitrogens is 1. The van der Waals surface area contributed by atoms with Crippen LogP contribution in [-0.2, 0) is 5.60 Å². The maximum Gasteiger partial charge on any atom is 0.273 e. The van der Waals surface area contributed by atoms with Gasteiger partial charge in [0.2, 0.25) is 0 Å². The fourth-order valence-corrected chi connectivity index (χ4v) is 2.92. The predicted octanol–water partition coefficient (Wildman–Crippen LogP) is 3.04. The molecule has 0 fully saturated rings. The highest BCUT2D eigenvalue weighted by Crippen LogP contribution is 2.23. The number of carbonyl (C=O) groups excluding carboxylic acids is 1. The first kappa shape index (κ1) is 15.5. The number of amides is 1. The topological polar surface area (TPSA) is 75.4 Å². The molecule has 6 heteroatoms. The third-order valence-electron chi connectivity index (χ3n) is 3.54. The molecule has 1 atom stereocenters. The zero-order chi connectivity index (χ0) is 16.3. The van der Waals surface area contributed by atoms with E-state index in [1.54, 1.807) is 13.0 Å².